The highest BCUT2D eigenvalue weighted by atomic mass is 16.6. The number of benzene rings is 1. The molecule has 90 valence electrons. The van der Waals surface area contributed by atoms with E-state index in [1.807, 2.05) is 0 Å². The third-order valence-electron chi connectivity index (χ3n) is 2.20. The van der Waals surface area contributed by atoms with Crippen LogP contribution in [0.2, 0.25) is 0 Å². The highest BCUT2D eigenvalue weighted by Crippen LogP contribution is 2.13. The van der Waals surface area contributed by atoms with E-state index in [-0.39, 0.29) is 11.8 Å². The van der Waals surface area contributed by atoms with Gasteiger partial charge < -0.3 is 4.74 Å². The van der Waals surface area contributed by atoms with Crippen molar-refractivity contribution in [3.8, 4) is 0 Å². The molecule has 1 aromatic rings. The minimum absolute atomic E-state index is 0.300. The van der Waals surface area contributed by atoms with Crippen LogP contribution in [-0.2, 0) is 14.3 Å². The number of rotatable bonds is 0. The van der Waals surface area contributed by atoms with Gasteiger partial charge in [-0.15, -0.1) is 0 Å². The molecule has 6 heteroatoms. The Balaban J connectivity index is 0.000000149. The van der Waals surface area contributed by atoms with Crippen LogP contribution < -0.4 is 5.32 Å². The predicted octanol–water partition coefficient (Wildman–Crippen LogP) is 0.196. The molecule has 0 saturated heterocycles. The number of nitrogens with one attached hydrogen (secondary N) is 1. The first-order chi connectivity index (χ1) is 8.58. The Labute approximate surface area is 101 Å². The molecular weight excluding hydrogens is 238 g/mol. The quantitative estimate of drug-likeness (QED) is 0.400. The highest BCUT2D eigenvalue weighted by molar-refractivity contribution is 6.21. The summed E-state index contributed by atoms with van der Waals surface area (Å²) in [6, 6.07) is 6.74. The van der Waals surface area contributed by atoms with Crippen LogP contribution in [0.15, 0.2) is 36.4 Å². The van der Waals surface area contributed by atoms with Crippen molar-refractivity contribution in [2.75, 3.05) is 0 Å². The van der Waals surface area contributed by atoms with Gasteiger partial charge in [-0.25, -0.2) is 9.59 Å². The van der Waals surface area contributed by atoms with Crippen molar-refractivity contribution >= 4 is 23.8 Å². The maximum Gasteiger partial charge on any atom is 0.338 e. The van der Waals surface area contributed by atoms with Crippen LogP contribution in [0.4, 0.5) is 0 Å². The number of hydrogen-bond acceptors (Lipinski definition) is 5. The Morgan fingerprint density at radius 3 is 1.56 bits per heavy atom. The first-order valence-corrected chi connectivity index (χ1v) is 4.96. The average Bonchev–Trinajstić information content (AvgIpc) is 2.85. The lowest BCUT2D eigenvalue weighted by Gasteiger charge is -1.88. The van der Waals surface area contributed by atoms with E-state index in [9.17, 15) is 19.2 Å². The number of esters is 2. The number of fused-ring (bicyclic) bond motifs is 1. The number of imide groups is 1. The summed E-state index contributed by atoms with van der Waals surface area (Å²) in [6.45, 7) is 0. The van der Waals surface area contributed by atoms with Gasteiger partial charge in [0.15, 0.2) is 0 Å². The van der Waals surface area contributed by atoms with Crippen molar-refractivity contribution in [1.82, 2.24) is 5.32 Å². The van der Waals surface area contributed by atoms with E-state index in [0.29, 0.717) is 11.1 Å². The largest absolute Gasteiger partial charge is 0.387 e. The Kier molecular flexibility index (Phi) is 3.01. The fourth-order valence-electron chi connectivity index (χ4n) is 1.42. The zero-order chi connectivity index (χ0) is 13.1. The fourth-order valence-corrected chi connectivity index (χ4v) is 1.42. The minimum atomic E-state index is -0.579. The lowest BCUT2D eigenvalue weighted by atomic mass is 10.1. The number of carbonyl (C=O) groups is 4. The van der Waals surface area contributed by atoms with E-state index >= 15 is 0 Å². The molecule has 2 heterocycles. The molecule has 2 aliphatic heterocycles. The second-order valence-electron chi connectivity index (χ2n) is 3.40. The standard InChI is InChI=1S/C8H5NO2.C4H2O3/c10-7-5-3-1-2-4-6(5)8(11)9-7;5-3-1-2-4(6)7-3/h1-4H,(H,9,10,11);1-2H. The summed E-state index contributed by atoms with van der Waals surface area (Å²) in [5, 5.41) is 2.20. The lowest BCUT2D eigenvalue weighted by molar-refractivity contribution is -0.150. The second-order valence-corrected chi connectivity index (χ2v) is 3.40. The van der Waals surface area contributed by atoms with Gasteiger partial charge in [-0.05, 0) is 12.1 Å². The Bertz CT molecular complexity index is 539. The molecule has 0 aliphatic carbocycles. The van der Waals surface area contributed by atoms with E-state index in [1.54, 1.807) is 24.3 Å². The van der Waals surface area contributed by atoms with Crippen LogP contribution in [0, 0.1) is 0 Å². The van der Waals surface area contributed by atoms with Gasteiger partial charge in [0, 0.05) is 12.2 Å². The van der Waals surface area contributed by atoms with Gasteiger partial charge in [-0.1, -0.05) is 12.1 Å². The topological polar surface area (TPSA) is 89.5 Å². The van der Waals surface area contributed by atoms with Crippen molar-refractivity contribution < 1.29 is 23.9 Å². The number of cyclic esters (lactones) is 2. The number of amides is 2. The number of carbonyl (C=O) groups excluding carboxylic acids is 4. The van der Waals surface area contributed by atoms with Gasteiger partial charge in [-0.3, -0.25) is 14.9 Å². The summed E-state index contributed by atoms with van der Waals surface area (Å²) in [5.74, 6) is -1.76. The Morgan fingerprint density at radius 2 is 1.22 bits per heavy atom. The van der Waals surface area contributed by atoms with Gasteiger partial charge in [0.25, 0.3) is 11.8 Å². The molecule has 1 aromatic carbocycles. The summed E-state index contributed by atoms with van der Waals surface area (Å²) in [4.78, 5) is 41.7. The van der Waals surface area contributed by atoms with Crippen LogP contribution in [0.5, 0.6) is 0 Å². The maximum atomic E-state index is 10.9. The molecule has 1 N–H and O–H groups in total. The summed E-state index contributed by atoms with van der Waals surface area (Å²) < 4.78 is 3.97. The normalized spacial score (nSPS) is 15.8. The molecule has 0 aromatic heterocycles. The van der Waals surface area contributed by atoms with Gasteiger partial charge in [-0.2, -0.15) is 0 Å². The third-order valence-corrected chi connectivity index (χ3v) is 2.20. The molecule has 0 saturated carbocycles. The van der Waals surface area contributed by atoms with E-state index in [1.165, 1.54) is 0 Å². The summed E-state index contributed by atoms with van der Waals surface area (Å²) in [7, 11) is 0. The molecule has 0 unspecified atom stereocenters. The number of ether oxygens (including phenoxy) is 1. The maximum absolute atomic E-state index is 10.9. The van der Waals surface area contributed by atoms with Crippen LogP contribution in [0.3, 0.4) is 0 Å². The van der Waals surface area contributed by atoms with Gasteiger partial charge in [0.05, 0.1) is 11.1 Å². The van der Waals surface area contributed by atoms with Crippen LogP contribution in [0.25, 0.3) is 0 Å². The van der Waals surface area contributed by atoms with Crippen LogP contribution in [-0.4, -0.2) is 23.8 Å². The lowest BCUT2D eigenvalue weighted by Crippen LogP contribution is -2.19. The van der Waals surface area contributed by atoms with Gasteiger partial charge in [0.1, 0.15) is 0 Å². The van der Waals surface area contributed by atoms with Gasteiger partial charge >= 0.3 is 11.9 Å². The number of hydrogen-bond donors (Lipinski definition) is 1. The first-order valence-electron chi connectivity index (χ1n) is 4.96. The van der Waals surface area contributed by atoms with Crippen molar-refractivity contribution in [3.63, 3.8) is 0 Å². The van der Waals surface area contributed by atoms with Crippen LogP contribution >= 0.6 is 0 Å². The van der Waals surface area contributed by atoms with Crippen molar-refractivity contribution in [1.29, 1.82) is 0 Å². The van der Waals surface area contributed by atoms with E-state index in [4.69, 9.17) is 0 Å². The zero-order valence-corrected chi connectivity index (χ0v) is 9.01. The van der Waals surface area contributed by atoms with Crippen molar-refractivity contribution in [2.24, 2.45) is 0 Å². The average molecular weight is 245 g/mol. The third kappa shape index (κ3) is 2.32. The van der Waals surface area contributed by atoms with Gasteiger partial charge in [0.2, 0.25) is 0 Å². The Hall–Kier alpha value is -2.76. The molecule has 2 amide bonds. The zero-order valence-electron chi connectivity index (χ0n) is 9.01. The second kappa shape index (κ2) is 4.62. The predicted molar refractivity (Wildman–Crippen MR) is 58.5 cm³/mol. The molecule has 0 spiro atoms. The fraction of sp³-hybridized carbons (Fsp3) is 0. The van der Waals surface area contributed by atoms with E-state index in [0.717, 1.165) is 12.2 Å². The molecule has 18 heavy (non-hydrogen) atoms. The van der Waals surface area contributed by atoms with Crippen molar-refractivity contribution in [3.05, 3.63) is 47.5 Å². The van der Waals surface area contributed by atoms with E-state index < -0.39 is 11.9 Å². The molecule has 3 rings (SSSR count). The first kappa shape index (κ1) is 11.7. The minimum Gasteiger partial charge on any atom is -0.387 e. The van der Waals surface area contributed by atoms with Crippen molar-refractivity contribution in [2.45, 2.75) is 0 Å². The van der Waals surface area contributed by atoms with E-state index in [2.05, 4.69) is 10.1 Å². The SMILES string of the molecule is O=C1C=CC(=O)O1.O=C1NC(=O)c2ccccc21. The Morgan fingerprint density at radius 1 is 0.778 bits per heavy atom. The summed E-state index contributed by atoms with van der Waals surface area (Å²) >= 11 is 0. The monoisotopic (exact) mass is 245 g/mol. The molecule has 2 aliphatic rings. The summed E-state index contributed by atoms with van der Waals surface area (Å²) in [6.07, 6.45) is 2.17. The molecule has 0 fully saturated rings. The smallest absolute Gasteiger partial charge is 0.338 e. The molecule has 0 atom stereocenters. The molecular formula is C12H7NO5. The summed E-state index contributed by atoms with van der Waals surface area (Å²) in [5.41, 5.74) is 0.940. The van der Waals surface area contributed by atoms with Crippen LogP contribution in [0.1, 0.15) is 20.7 Å². The highest BCUT2D eigenvalue weighted by Gasteiger charge is 2.25. The molecule has 6 nitrogen and oxygen atoms in total. The molecule has 0 radical (unpaired) electrons. The molecule has 0 bridgehead atoms.